The van der Waals surface area contributed by atoms with E-state index in [0.717, 1.165) is 55.4 Å². The van der Waals surface area contributed by atoms with Gasteiger partial charge in [0, 0.05) is 31.7 Å². The van der Waals surface area contributed by atoms with Crippen LogP contribution in [0, 0.1) is 0 Å². The maximum Gasteiger partial charge on any atom is 0.129 e. The van der Waals surface area contributed by atoms with Crippen molar-refractivity contribution in [2.75, 3.05) is 31.1 Å². The molecule has 1 fully saturated rings. The first-order chi connectivity index (χ1) is 12.6. The molecule has 1 atom stereocenters. The van der Waals surface area contributed by atoms with Crippen molar-refractivity contribution in [2.45, 2.75) is 46.1 Å². The van der Waals surface area contributed by atoms with Gasteiger partial charge >= 0.3 is 0 Å². The van der Waals surface area contributed by atoms with Crippen LogP contribution in [0.4, 0.5) is 5.82 Å². The molecule has 0 aliphatic carbocycles. The van der Waals surface area contributed by atoms with Crippen molar-refractivity contribution in [3.63, 3.8) is 0 Å². The molecule has 1 aliphatic rings. The highest BCUT2D eigenvalue weighted by atomic mass is 16.5. The number of nitrogens with one attached hydrogen (secondary N) is 1. The summed E-state index contributed by atoms with van der Waals surface area (Å²) < 4.78 is 6.13. The van der Waals surface area contributed by atoms with Gasteiger partial charge in [-0.1, -0.05) is 26.8 Å². The van der Waals surface area contributed by atoms with E-state index in [9.17, 15) is 0 Å². The summed E-state index contributed by atoms with van der Waals surface area (Å²) >= 11 is 0. The van der Waals surface area contributed by atoms with Gasteiger partial charge in [-0.3, -0.25) is 0 Å². The Balaban J connectivity index is 1.90. The van der Waals surface area contributed by atoms with Gasteiger partial charge in [-0.05, 0) is 55.2 Å². The number of pyridine rings is 1. The number of anilines is 1. The number of nitrogens with zero attached hydrogens (tertiary/aromatic N) is 2. The number of ether oxygens (including phenoxy) is 1. The topological polar surface area (TPSA) is 37.4 Å². The summed E-state index contributed by atoms with van der Waals surface area (Å²) in [6, 6.07) is 12.8. The van der Waals surface area contributed by atoms with Crippen molar-refractivity contribution in [1.29, 1.82) is 0 Å². The van der Waals surface area contributed by atoms with Crippen LogP contribution < -0.4 is 15.0 Å². The van der Waals surface area contributed by atoms with Crippen molar-refractivity contribution < 1.29 is 4.74 Å². The fraction of sp³-hybridized carbons (Fsp3) is 0.500. The van der Waals surface area contributed by atoms with Crippen molar-refractivity contribution in [1.82, 2.24) is 10.3 Å². The van der Waals surface area contributed by atoms with Crippen molar-refractivity contribution in [3.8, 4) is 17.0 Å². The van der Waals surface area contributed by atoms with Crippen LogP contribution >= 0.6 is 0 Å². The summed E-state index contributed by atoms with van der Waals surface area (Å²) in [5.74, 6) is 2.47. The van der Waals surface area contributed by atoms with Crippen molar-refractivity contribution in [2.24, 2.45) is 0 Å². The zero-order chi connectivity index (χ0) is 18.5. The summed E-state index contributed by atoms with van der Waals surface area (Å²) in [6.45, 7) is 12.8. The van der Waals surface area contributed by atoms with Gasteiger partial charge in [0.25, 0.3) is 0 Å². The molecule has 2 heterocycles. The van der Waals surface area contributed by atoms with E-state index in [1.165, 1.54) is 5.56 Å². The van der Waals surface area contributed by atoms with Crippen LogP contribution in [0.15, 0.2) is 36.4 Å². The molecule has 1 aromatic carbocycles. The Hall–Kier alpha value is -2.07. The van der Waals surface area contributed by atoms with E-state index in [0.29, 0.717) is 5.92 Å². The summed E-state index contributed by atoms with van der Waals surface area (Å²) in [7, 11) is 0. The minimum absolute atomic E-state index is 0.229. The predicted molar refractivity (Wildman–Crippen MR) is 109 cm³/mol. The van der Waals surface area contributed by atoms with E-state index in [-0.39, 0.29) is 6.10 Å². The third-order valence-corrected chi connectivity index (χ3v) is 5.01. The Morgan fingerprint density at radius 2 is 1.88 bits per heavy atom. The molecule has 1 N–H and O–H groups in total. The first-order valence-electron chi connectivity index (χ1n) is 9.82. The Morgan fingerprint density at radius 1 is 1.12 bits per heavy atom. The molecule has 140 valence electrons. The highest BCUT2D eigenvalue weighted by molar-refractivity contribution is 5.64. The van der Waals surface area contributed by atoms with Crippen LogP contribution in [0.3, 0.4) is 0 Å². The van der Waals surface area contributed by atoms with Crippen molar-refractivity contribution >= 4 is 5.82 Å². The van der Waals surface area contributed by atoms with Gasteiger partial charge in [0.05, 0.1) is 11.8 Å². The minimum Gasteiger partial charge on any atom is -0.490 e. The molecule has 0 bridgehead atoms. The average Bonchev–Trinajstić information content (AvgIpc) is 2.68. The van der Waals surface area contributed by atoms with Gasteiger partial charge < -0.3 is 15.0 Å². The fourth-order valence-corrected chi connectivity index (χ4v) is 3.22. The molecule has 4 heteroatoms. The molecule has 0 saturated carbocycles. The lowest BCUT2D eigenvalue weighted by Crippen LogP contribution is -2.43. The van der Waals surface area contributed by atoms with Gasteiger partial charge in [0.15, 0.2) is 0 Å². The second-order valence-corrected chi connectivity index (χ2v) is 7.36. The fourth-order valence-electron chi connectivity index (χ4n) is 3.22. The lowest BCUT2D eigenvalue weighted by atomic mass is 9.98. The van der Waals surface area contributed by atoms with Gasteiger partial charge in [-0.25, -0.2) is 4.98 Å². The van der Waals surface area contributed by atoms with E-state index < -0.39 is 0 Å². The summed E-state index contributed by atoms with van der Waals surface area (Å²) in [6.07, 6.45) is 1.24. The first kappa shape index (κ1) is 18.7. The largest absolute Gasteiger partial charge is 0.490 e. The smallest absolute Gasteiger partial charge is 0.129 e. The first-order valence-corrected chi connectivity index (χ1v) is 9.82. The number of benzene rings is 1. The summed E-state index contributed by atoms with van der Waals surface area (Å²) in [5.41, 5.74) is 3.43. The van der Waals surface area contributed by atoms with Crippen LogP contribution in [0.5, 0.6) is 5.75 Å². The normalized spacial score (nSPS) is 16.0. The van der Waals surface area contributed by atoms with Gasteiger partial charge in [-0.15, -0.1) is 0 Å². The number of aromatic nitrogens is 1. The molecule has 1 aromatic heterocycles. The maximum absolute atomic E-state index is 6.13. The van der Waals surface area contributed by atoms with E-state index in [4.69, 9.17) is 9.72 Å². The van der Waals surface area contributed by atoms with Crippen LogP contribution in [-0.2, 0) is 0 Å². The molecule has 0 amide bonds. The highest BCUT2D eigenvalue weighted by Crippen LogP contribution is 2.32. The van der Waals surface area contributed by atoms with Gasteiger partial charge in [-0.2, -0.15) is 0 Å². The number of piperazine rings is 1. The lowest BCUT2D eigenvalue weighted by Gasteiger charge is -2.28. The Labute approximate surface area is 157 Å². The molecule has 1 saturated heterocycles. The third kappa shape index (κ3) is 4.36. The number of rotatable bonds is 6. The Bertz CT molecular complexity index is 723. The number of hydrogen-bond acceptors (Lipinski definition) is 4. The second-order valence-electron chi connectivity index (χ2n) is 7.36. The summed E-state index contributed by atoms with van der Waals surface area (Å²) in [5, 5.41) is 3.39. The zero-order valence-corrected chi connectivity index (χ0v) is 16.5. The molecular weight excluding hydrogens is 322 g/mol. The SMILES string of the molecule is CCC(C)Oc1ccc(-c2cccc(N3CCNCC3)n2)cc1C(C)C. The maximum atomic E-state index is 6.13. The Kier molecular flexibility index (Phi) is 6.15. The van der Waals surface area contributed by atoms with E-state index in [2.05, 4.69) is 74.3 Å². The molecule has 3 rings (SSSR count). The Morgan fingerprint density at radius 3 is 2.58 bits per heavy atom. The predicted octanol–water partition coefficient (Wildman–Crippen LogP) is 4.46. The van der Waals surface area contributed by atoms with E-state index >= 15 is 0 Å². The van der Waals surface area contributed by atoms with Gasteiger partial charge in [0.2, 0.25) is 0 Å². The molecule has 2 aromatic rings. The van der Waals surface area contributed by atoms with Crippen LogP contribution in [0.2, 0.25) is 0 Å². The average molecular weight is 354 g/mol. The third-order valence-electron chi connectivity index (χ3n) is 5.01. The monoisotopic (exact) mass is 353 g/mol. The molecular formula is C22H31N3O. The molecule has 0 spiro atoms. The lowest BCUT2D eigenvalue weighted by molar-refractivity contribution is 0.214. The standard InChI is InChI=1S/C22H31N3O/c1-5-17(4)26-21-10-9-18(15-19(21)16(2)3)20-7-6-8-22(24-20)25-13-11-23-12-14-25/h6-10,15-17,23H,5,11-14H2,1-4H3. The van der Waals surface area contributed by atoms with Crippen LogP contribution in [0.25, 0.3) is 11.3 Å². The number of hydrogen-bond donors (Lipinski definition) is 1. The molecule has 26 heavy (non-hydrogen) atoms. The van der Waals surface area contributed by atoms with Crippen LogP contribution in [-0.4, -0.2) is 37.3 Å². The van der Waals surface area contributed by atoms with Crippen LogP contribution in [0.1, 0.15) is 45.6 Å². The van der Waals surface area contributed by atoms with E-state index in [1.807, 2.05) is 0 Å². The van der Waals surface area contributed by atoms with Gasteiger partial charge in [0.1, 0.15) is 11.6 Å². The molecule has 0 radical (unpaired) electrons. The molecule has 1 unspecified atom stereocenters. The summed E-state index contributed by atoms with van der Waals surface area (Å²) in [4.78, 5) is 7.28. The van der Waals surface area contributed by atoms with Crippen molar-refractivity contribution in [3.05, 3.63) is 42.0 Å². The second kappa shape index (κ2) is 8.54. The molecule has 4 nitrogen and oxygen atoms in total. The highest BCUT2D eigenvalue weighted by Gasteiger charge is 2.15. The molecule has 1 aliphatic heterocycles. The quantitative estimate of drug-likeness (QED) is 0.832. The van der Waals surface area contributed by atoms with E-state index in [1.54, 1.807) is 0 Å². The minimum atomic E-state index is 0.229. The zero-order valence-electron chi connectivity index (χ0n) is 16.5.